The van der Waals surface area contributed by atoms with Gasteiger partial charge in [-0.05, 0) is 69.3 Å². The summed E-state index contributed by atoms with van der Waals surface area (Å²) in [6, 6.07) is 29.7. The number of nitrogens with zero attached hydrogens (tertiary/aromatic N) is 5. The van der Waals surface area contributed by atoms with Crippen molar-refractivity contribution >= 4 is 34.9 Å². The fraction of sp³-hybridized carbons (Fsp3) is 0.200. The van der Waals surface area contributed by atoms with Gasteiger partial charge < -0.3 is 5.11 Å². The fourth-order valence-corrected chi connectivity index (χ4v) is 8.21. The molecule has 8 nitrogen and oxygen atoms in total. The van der Waals surface area contributed by atoms with E-state index in [0.29, 0.717) is 22.5 Å². The van der Waals surface area contributed by atoms with E-state index in [1.165, 1.54) is 6.92 Å². The number of hydrogen-bond acceptors (Lipinski definition) is 5. The summed E-state index contributed by atoms with van der Waals surface area (Å²) in [6.07, 6.45) is 0. The zero-order valence-electron chi connectivity index (χ0n) is 22.7. The highest BCUT2D eigenvalue weighted by atomic mass is 35.5. The molecule has 5 aromatic rings. The van der Waals surface area contributed by atoms with E-state index in [9.17, 15) is 14.7 Å². The van der Waals surface area contributed by atoms with Crippen molar-refractivity contribution in [3.05, 3.63) is 134 Å². The molecule has 0 spiro atoms. The summed E-state index contributed by atoms with van der Waals surface area (Å²) in [7, 11) is -2.75. The van der Waals surface area contributed by atoms with Crippen molar-refractivity contribution in [1.29, 1.82) is 0 Å². The smallest absolute Gasteiger partial charge is 0.277 e. The van der Waals surface area contributed by atoms with Crippen LogP contribution < -0.4 is 32.1 Å². The van der Waals surface area contributed by atoms with E-state index >= 15 is 0 Å². The average molecular weight is 574 g/mol. The molecule has 3 aromatic carbocycles. The lowest BCUT2D eigenvalue weighted by atomic mass is 10.2. The molecule has 2 aromatic heterocycles. The Bertz CT molecular complexity index is 1690. The number of alkyl halides is 1. The number of hydrogen-bond donors (Lipinski definition) is 0. The Hall–Kier alpha value is -3.84. The Labute approximate surface area is 237 Å². The molecule has 0 aliphatic carbocycles. The fourth-order valence-electron chi connectivity index (χ4n) is 4.88. The standard InChI is InChI=1S/C30H29ClN5O3P/c1-21-23(3)35-27(22(2)29(38)36(35)28(21)37)20-34(30(4,31)39)32-33-40(24-14-8-5-9-15-24,25-16-10-6-11-17-25)26-18-12-7-13-19-26/h5-19H,20H2,1-4H3/b33-32+. The molecule has 0 saturated carbocycles. The Kier molecular flexibility index (Phi) is 7.36. The van der Waals surface area contributed by atoms with Crippen molar-refractivity contribution in [3.63, 3.8) is 0 Å². The van der Waals surface area contributed by atoms with Crippen LogP contribution in [0.2, 0.25) is 0 Å². The van der Waals surface area contributed by atoms with E-state index < -0.39 is 18.2 Å². The van der Waals surface area contributed by atoms with E-state index in [0.717, 1.165) is 25.4 Å². The highest BCUT2D eigenvalue weighted by Gasteiger charge is 2.48. The van der Waals surface area contributed by atoms with Crippen molar-refractivity contribution in [2.75, 3.05) is 0 Å². The lowest BCUT2D eigenvalue weighted by Gasteiger charge is -2.38. The number of fused-ring (bicyclic) bond motifs is 1. The zero-order valence-corrected chi connectivity index (χ0v) is 24.3. The van der Waals surface area contributed by atoms with E-state index in [1.807, 2.05) is 91.0 Å². The Balaban J connectivity index is 1.72. The molecule has 0 amide bonds. The molecule has 0 aliphatic rings. The maximum Gasteiger partial charge on any atom is 0.277 e. The lowest BCUT2D eigenvalue weighted by molar-refractivity contribution is -0.479. The SMILES string of the molecule is Cc1c(C)n2c(CN(/N=N/[P+](c3ccccc3)(c3ccccc3)c3ccccc3)C(C)([O-])Cl)c(C)c(=O)n2c1=O. The van der Waals surface area contributed by atoms with Crippen molar-refractivity contribution in [1.82, 2.24) is 14.0 Å². The first-order chi connectivity index (χ1) is 19.1. The monoisotopic (exact) mass is 573 g/mol. The molecule has 0 N–H and O–H groups in total. The molecule has 0 radical (unpaired) electrons. The summed E-state index contributed by atoms with van der Waals surface area (Å²) in [5.41, 5.74) is 1.06. The normalized spacial score (nSPS) is 13.7. The Morgan fingerprint density at radius 3 is 1.62 bits per heavy atom. The Morgan fingerprint density at radius 2 is 1.20 bits per heavy atom. The predicted octanol–water partition coefficient (Wildman–Crippen LogP) is 3.47. The van der Waals surface area contributed by atoms with Crippen molar-refractivity contribution < 1.29 is 5.11 Å². The van der Waals surface area contributed by atoms with Gasteiger partial charge in [0.05, 0.1) is 17.4 Å². The highest BCUT2D eigenvalue weighted by Crippen LogP contribution is 2.57. The van der Waals surface area contributed by atoms with Crippen LogP contribution in [0.15, 0.2) is 111 Å². The molecule has 1 unspecified atom stereocenters. The largest absolute Gasteiger partial charge is 0.820 e. The number of rotatable bonds is 8. The van der Waals surface area contributed by atoms with E-state index in [1.54, 1.807) is 25.3 Å². The third-order valence-electron chi connectivity index (χ3n) is 7.21. The maximum atomic E-state index is 13.3. The molecule has 204 valence electrons. The van der Waals surface area contributed by atoms with Crippen LogP contribution in [0, 0.1) is 20.8 Å². The van der Waals surface area contributed by atoms with Gasteiger partial charge in [0, 0.05) is 21.7 Å². The van der Waals surface area contributed by atoms with Crippen LogP contribution in [0.3, 0.4) is 0 Å². The van der Waals surface area contributed by atoms with Gasteiger partial charge in [-0.3, -0.25) is 14.6 Å². The van der Waals surface area contributed by atoms with Gasteiger partial charge in [0.2, 0.25) is 0 Å². The van der Waals surface area contributed by atoms with Crippen LogP contribution in [0.5, 0.6) is 0 Å². The third kappa shape index (κ3) is 4.62. The molecule has 2 heterocycles. The molecule has 0 saturated heterocycles. The number of benzene rings is 3. The van der Waals surface area contributed by atoms with Crippen LogP contribution in [0.25, 0.3) is 0 Å². The minimum Gasteiger partial charge on any atom is -0.820 e. The van der Waals surface area contributed by atoms with Gasteiger partial charge in [-0.2, -0.15) is 4.52 Å². The van der Waals surface area contributed by atoms with Gasteiger partial charge in [0.25, 0.3) is 18.5 Å². The quantitative estimate of drug-likeness (QED) is 0.0709. The lowest BCUT2D eigenvalue weighted by Crippen LogP contribution is -2.49. The minimum atomic E-state index is -2.75. The first kappa shape index (κ1) is 27.7. The second-order valence-electron chi connectivity index (χ2n) is 9.76. The molecule has 0 fully saturated rings. The molecule has 1 atom stereocenters. The van der Waals surface area contributed by atoms with Gasteiger partial charge in [-0.1, -0.05) is 54.6 Å². The number of halogens is 1. The summed E-state index contributed by atoms with van der Waals surface area (Å²) < 4.78 is 2.64. The van der Waals surface area contributed by atoms with Gasteiger partial charge in [0.15, 0.2) is 0 Å². The zero-order chi connectivity index (χ0) is 28.7. The summed E-state index contributed by atoms with van der Waals surface area (Å²) in [6.45, 7) is 6.23. The van der Waals surface area contributed by atoms with E-state index in [-0.39, 0.29) is 12.1 Å². The van der Waals surface area contributed by atoms with E-state index in [2.05, 4.69) is 5.22 Å². The summed E-state index contributed by atoms with van der Waals surface area (Å²) >= 11 is 6.38. The van der Waals surface area contributed by atoms with Crippen molar-refractivity contribution in [2.45, 2.75) is 39.4 Å². The van der Waals surface area contributed by atoms with Gasteiger partial charge in [-0.25, -0.2) is 4.52 Å². The second-order valence-corrected chi connectivity index (χ2v) is 13.5. The summed E-state index contributed by atoms with van der Waals surface area (Å²) in [5, 5.41) is 19.7. The third-order valence-corrected chi connectivity index (χ3v) is 10.9. The van der Waals surface area contributed by atoms with Gasteiger partial charge in [0.1, 0.15) is 15.9 Å². The molecule has 5 rings (SSSR count). The summed E-state index contributed by atoms with van der Waals surface area (Å²) in [5.74, 6) is 0. The van der Waals surface area contributed by atoms with Crippen LogP contribution in [-0.4, -0.2) is 19.2 Å². The molecule has 40 heavy (non-hydrogen) atoms. The molecular weight excluding hydrogens is 545 g/mol. The topological polar surface area (TPSA) is 94.0 Å². The molecular formula is C30H29ClN5O3P. The molecule has 0 aliphatic heterocycles. The van der Waals surface area contributed by atoms with Crippen LogP contribution in [0.4, 0.5) is 0 Å². The van der Waals surface area contributed by atoms with Gasteiger partial charge >= 0.3 is 0 Å². The molecule has 10 heteroatoms. The predicted molar refractivity (Wildman–Crippen MR) is 159 cm³/mol. The van der Waals surface area contributed by atoms with Crippen molar-refractivity contribution in [3.8, 4) is 0 Å². The molecule has 0 bridgehead atoms. The maximum absolute atomic E-state index is 13.3. The van der Waals surface area contributed by atoms with E-state index in [4.69, 9.17) is 16.5 Å². The average Bonchev–Trinajstić information content (AvgIpc) is 3.34. The van der Waals surface area contributed by atoms with Crippen molar-refractivity contribution in [2.24, 2.45) is 10.1 Å². The number of aryl methyl sites for hydroxylation is 1. The Morgan fingerprint density at radius 1 is 0.775 bits per heavy atom. The summed E-state index contributed by atoms with van der Waals surface area (Å²) in [4.78, 5) is 30.8. The number of aromatic nitrogens is 2. The first-order valence-corrected chi connectivity index (χ1v) is 14.9. The first-order valence-electron chi connectivity index (χ1n) is 12.8. The van der Waals surface area contributed by atoms with Crippen LogP contribution in [-0.2, 0) is 6.54 Å². The minimum absolute atomic E-state index is 0.128. The van der Waals surface area contributed by atoms with Crippen LogP contribution >= 0.6 is 19.0 Å². The van der Waals surface area contributed by atoms with Gasteiger partial charge in [-0.15, -0.1) is 11.6 Å². The highest BCUT2D eigenvalue weighted by molar-refractivity contribution is 7.94. The van der Waals surface area contributed by atoms with Crippen LogP contribution in [0.1, 0.15) is 29.4 Å². The second kappa shape index (κ2) is 10.6.